The summed E-state index contributed by atoms with van der Waals surface area (Å²) < 4.78 is 5.39. The van der Waals surface area contributed by atoms with Gasteiger partial charge in [0.05, 0.1) is 18.9 Å². The molecule has 3 aromatic rings. The molecule has 6 heteroatoms. The zero-order valence-corrected chi connectivity index (χ0v) is 19.1. The van der Waals surface area contributed by atoms with Gasteiger partial charge in [0.15, 0.2) is 0 Å². The number of nitrogens with zero attached hydrogens (tertiary/aromatic N) is 1. The average molecular weight is 449 g/mol. The lowest BCUT2D eigenvalue weighted by Crippen LogP contribution is -2.53. The Morgan fingerprint density at radius 2 is 1.97 bits per heavy atom. The number of ether oxygens (including phenoxy) is 1. The minimum atomic E-state index is -0.761. The molecule has 166 valence electrons. The summed E-state index contributed by atoms with van der Waals surface area (Å²) in [7, 11) is 1.60. The van der Waals surface area contributed by atoms with Crippen molar-refractivity contribution in [2.24, 2.45) is 11.1 Å². The van der Waals surface area contributed by atoms with E-state index in [0.717, 1.165) is 23.1 Å². The third kappa shape index (κ3) is 4.70. The second-order valence-corrected chi connectivity index (χ2v) is 9.35. The highest BCUT2D eigenvalue weighted by Gasteiger charge is 2.42. The molecule has 1 fully saturated rings. The number of primary amides is 1. The Kier molecular flexibility index (Phi) is 6.61. The van der Waals surface area contributed by atoms with Crippen LogP contribution in [0, 0.1) is 5.41 Å². The molecule has 4 rings (SSSR count). The minimum absolute atomic E-state index is 0.00726. The maximum Gasteiger partial charge on any atom is 0.227 e. The number of hydrogen-bond donors (Lipinski definition) is 1. The van der Waals surface area contributed by atoms with E-state index in [0.29, 0.717) is 31.7 Å². The van der Waals surface area contributed by atoms with E-state index < -0.39 is 5.41 Å². The maximum atomic E-state index is 13.1. The molecule has 1 aromatic heterocycles. The molecule has 0 unspecified atom stereocenters. The van der Waals surface area contributed by atoms with Gasteiger partial charge in [-0.1, -0.05) is 48.5 Å². The SMILES string of the molecule is COc1ccccc1CC(=O)N1CCC[C@](Cc2cccc(-c3cccs3)c2)(C(N)=O)C1. The lowest BCUT2D eigenvalue weighted by Gasteiger charge is -2.41. The molecule has 0 bridgehead atoms. The third-order valence-corrected chi connectivity index (χ3v) is 7.18. The molecule has 1 aliphatic heterocycles. The summed E-state index contributed by atoms with van der Waals surface area (Å²) in [6, 6.07) is 19.9. The van der Waals surface area contributed by atoms with E-state index in [1.807, 2.05) is 42.5 Å². The largest absolute Gasteiger partial charge is 0.496 e. The first kappa shape index (κ1) is 22.1. The highest BCUT2D eigenvalue weighted by atomic mass is 32.1. The number of methoxy groups -OCH3 is 1. The van der Waals surface area contributed by atoms with Gasteiger partial charge >= 0.3 is 0 Å². The fourth-order valence-electron chi connectivity index (χ4n) is 4.57. The van der Waals surface area contributed by atoms with Crippen LogP contribution in [0.15, 0.2) is 66.0 Å². The summed E-state index contributed by atoms with van der Waals surface area (Å²) in [6.07, 6.45) is 2.21. The summed E-state index contributed by atoms with van der Waals surface area (Å²) in [4.78, 5) is 28.8. The van der Waals surface area contributed by atoms with Crippen LogP contribution in [0.25, 0.3) is 10.4 Å². The normalized spacial score (nSPS) is 18.3. The van der Waals surface area contributed by atoms with E-state index >= 15 is 0 Å². The molecule has 2 heterocycles. The van der Waals surface area contributed by atoms with Crippen LogP contribution in [-0.4, -0.2) is 36.9 Å². The fraction of sp³-hybridized carbons (Fsp3) is 0.308. The third-order valence-electron chi connectivity index (χ3n) is 6.26. The van der Waals surface area contributed by atoms with Gasteiger partial charge in [-0.2, -0.15) is 0 Å². The van der Waals surface area contributed by atoms with E-state index in [1.165, 1.54) is 4.88 Å². The second-order valence-electron chi connectivity index (χ2n) is 8.41. The molecule has 2 aromatic carbocycles. The topological polar surface area (TPSA) is 72.6 Å². The number of thiophene rings is 1. The Bertz CT molecular complexity index is 1100. The van der Waals surface area contributed by atoms with E-state index in [-0.39, 0.29) is 18.2 Å². The number of rotatable bonds is 7. The van der Waals surface area contributed by atoms with Crippen LogP contribution in [0.3, 0.4) is 0 Å². The van der Waals surface area contributed by atoms with Crippen molar-refractivity contribution >= 4 is 23.2 Å². The van der Waals surface area contributed by atoms with Crippen LogP contribution in [-0.2, 0) is 22.4 Å². The van der Waals surface area contributed by atoms with Crippen LogP contribution in [0.1, 0.15) is 24.0 Å². The highest BCUT2D eigenvalue weighted by molar-refractivity contribution is 7.13. The molecule has 1 saturated heterocycles. The number of para-hydroxylation sites is 1. The minimum Gasteiger partial charge on any atom is -0.496 e. The van der Waals surface area contributed by atoms with Crippen molar-refractivity contribution in [3.05, 3.63) is 77.2 Å². The number of likely N-dealkylation sites (tertiary alicyclic amines) is 1. The standard InChI is InChI=1S/C26H28N2O3S/c1-31-22-10-3-2-8-20(22)16-24(29)28-13-6-12-26(18-28,25(27)30)17-19-7-4-9-21(15-19)23-11-5-14-32-23/h2-5,7-11,14-15H,6,12-13,16-18H2,1H3,(H2,27,30)/t26-/m1/s1. The average Bonchev–Trinajstić information content (AvgIpc) is 3.35. The van der Waals surface area contributed by atoms with Gasteiger partial charge in [0.25, 0.3) is 0 Å². The molecular weight excluding hydrogens is 420 g/mol. The molecule has 1 aliphatic rings. The first-order chi connectivity index (χ1) is 15.5. The predicted octanol–water partition coefficient (Wildman–Crippen LogP) is 4.30. The van der Waals surface area contributed by atoms with E-state index in [1.54, 1.807) is 23.3 Å². The molecule has 5 nitrogen and oxygen atoms in total. The summed E-state index contributed by atoms with van der Waals surface area (Å²) in [6.45, 7) is 0.984. The maximum absolute atomic E-state index is 13.1. The molecule has 2 amide bonds. The molecule has 2 N–H and O–H groups in total. The van der Waals surface area contributed by atoms with Crippen molar-refractivity contribution in [3.8, 4) is 16.2 Å². The molecule has 0 aliphatic carbocycles. The number of carbonyl (C=O) groups is 2. The Labute approximate surface area is 192 Å². The molecule has 1 atom stereocenters. The van der Waals surface area contributed by atoms with E-state index in [9.17, 15) is 9.59 Å². The first-order valence-corrected chi connectivity index (χ1v) is 11.7. The Hall–Kier alpha value is -3.12. The number of nitrogens with two attached hydrogens (primary N) is 1. The Morgan fingerprint density at radius 1 is 1.12 bits per heavy atom. The van der Waals surface area contributed by atoms with Gasteiger partial charge < -0.3 is 15.4 Å². The zero-order chi connectivity index (χ0) is 22.6. The lowest BCUT2D eigenvalue weighted by atomic mass is 9.74. The second kappa shape index (κ2) is 9.57. The van der Waals surface area contributed by atoms with Crippen molar-refractivity contribution in [1.29, 1.82) is 0 Å². The van der Waals surface area contributed by atoms with Gasteiger partial charge in [0.1, 0.15) is 5.75 Å². The Balaban J connectivity index is 1.53. The monoisotopic (exact) mass is 448 g/mol. The smallest absolute Gasteiger partial charge is 0.227 e. The molecule has 0 spiro atoms. The van der Waals surface area contributed by atoms with Crippen molar-refractivity contribution < 1.29 is 14.3 Å². The van der Waals surface area contributed by atoms with Crippen LogP contribution >= 0.6 is 11.3 Å². The van der Waals surface area contributed by atoms with Gasteiger partial charge in [-0.05, 0) is 47.9 Å². The summed E-state index contributed by atoms with van der Waals surface area (Å²) in [5.41, 5.74) is 8.23. The zero-order valence-electron chi connectivity index (χ0n) is 18.3. The summed E-state index contributed by atoms with van der Waals surface area (Å²) in [5, 5.41) is 2.05. The first-order valence-electron chi connectivity index (χ1n) is 10.8. The summed E-state index contributed by atoms with van der Waals surface area (Å²) in [5.74, 6) is 0.352. The number of benzene rings is 2. The van der Waals surface area contributed by atoms with Gasteiger partial charge in [-0.15, -0.1) is 11.3 Å². The molecular formula is C26H28N2O3S. The summed E-state index contributed by atoms with van der Waals surface area (Å²) >= 11 is 1.69. The van der Waals surface area contributed by atoms with Crippen LogP contribution in [0.2, 0.25) is 0 Å². The Morgan fingerprint density at radius 3 is 2.72 bits per heavy atom. The molecule has 0 radical (unpaired) electrons. The van der Waals surface area contributed by atoms with Crippen molar-refractivity contribution in [3.63, 3.8) is 0 Å². The fourth-order valence-corrected chi connectivity index (χ4v) is 5.29. The van der Waals surface area contributed by atoms with E-state index in [2.05, 4.69) is 23.6 Å². The van der Waals surface area contributed by atoms with E-state index in [4.69, 9.17) is 10.5 Å². The number of piperidine rings is 1. The van der Waals surface area contributed by atoms with Gasteiger partial charge in [-0.25, -0.2) is 0 Å². The van der Waals surface area contributed by atoms with Gasteiger partial charge in [-0.3, -0.25) is 9.59 Å². The van der Waals surface area contributed by atoms with Crippen molar-refractivity contribution in [1.82, 2.24) is 4.90 Å². The van der Waals surface area contributed by atoms with Crippen LogP contribution < -0.4 is 10.5 Å². The van der Waals surface area contributed by atoms with Crippen LogP contribution in [0.5, 0.6) is 5.75 Å². The highest BCUT2D eigenvalue weighted by Crippen LogP contribution is 2.35. The van der Waals surface area contributed by atoms with Crippen LogP contribution in [0.4, 0.5) is 0 Å². The molecule has 0 saturated carbocycles. The molecule has 32 heavy (non-hydrogen) atoms. The quantitative estimate of drug-likeness (QED) is 0.586. The predicted molar refractivity (Wildman–Crippen MR) is 128 cm³/mol. The van der Waals surface area contributed by atoms with Gasteiger partial charge in [0, 0.05) is 23.5 Å². The lowest BCUT2D eigenvalue weighted by molar-refractivity contribution is -0.139. The number of amides is 2. The van der Waals surface area contributed by atoms with Crippen molar-refractivity contribution in [2.75, 3.05) is 20.2 Å². The number of carbonyl (C=O) groups excluding carboxylic acids is 2. The van der Waals surface area contributed by atoms with Gasteiger partial charge in [0.2, 0.25) is 11.8 Å². The van der Waals surface area contributed by atoms with Crippen molar-refractivity contribution in [2.45, 2.75) is 25.7 Å². The number of hydrogen-bond acceptors (Lipinski definition) is 4.